The summed E-state index contributed by atoms with van der Waals surface area (Å²) in [5.41, 5.74) is 17.2. The Hall–Kier alpha value is -6.10. The molecule has 0 radical (unpaired) electrons. The van der Waals surface area contributed by atoms with Crippen LogP contribution in [0.5, 0.6) is 0 Å². The number of nitrogens with zero attached hydrogens (tertiary/aromatic N) is 2. The summed E-state index contributed by atoms with van der Waals surface area (Å²) in [6.45, 7) is 4.34. The molecule has 3 aromatic heterocycles. The van der Waals surface area contributed by atoms with Gasteiger partial charge in [-0.15, -0.1) is 11.3 Å². The first-order chi connectivity index (χ1) is 24.6. The van der Waals surface area contributed by atoms with E-state index >= 15 is 0 Å². The van der Waals surface area contributed by atoms with Crippen molar-refractivity contribution in [3.05, 3.63) is 167 Å². The summed E-state index contributed by atoms with van der Waals surface area (Å²) in [5, 5.41) is 0. The molecule has 5 heterocycles. The summed E-state index contributed by atoms with van der Waals surface area (Å²) < 4.78 is 2.32. The first-order valence-corrected chi connectivity index (χ1v) is 17.7. The molecular weight excluding hydrogens is 627 g/mol. The molecule has 0 amide bonds. The van der Waals surface area contributed by atoms with Gasteiger partial charge in [-0.25, -0.2) is 9.97 Å². The van der Waals surface area contributed by atoms with Crippen molar-refractivity contribution >= 4 is 56.1 Å². The third-order valence-electron chi connectivity index (χ3n) is 9.58. The first kappa shape index (κ1) is 30.0. The van der Waals surface area contributed by atoms with Crippen LogP contribution in [0.25, 0.3) is 89.2 Å². The molecule has 8 bridgehead atoms. The molecule has 0 aliphatic carbocycles. The van der Waals surface area contributed by atoms with Gasteiger partial charge in [0.05, 0.1) is 22.8 Å². The van der Waals surface area contributed by atoms with E-state index in [9.17, 15) is 0 Å². The van der Waals surface area contributed by atoms with Crippen molar-refractivity contribution in [3.8, 4) is 44.5 Å². The highest BCUT2D eigenvalue weighted by atomic mass is 32.1. The zero-order valence-electron chi connectivity index (χ0n) is 27.8. The molecule has 3 nitrogen and oxygen atoms in total. The maximum Gasteiger partial charge on any atom is 0.0737 e. The van der Waals surface area contributed by atoms with Crippen molar-refractivity contribution in [2.45, 2.75) is 13.8 Å². The fourth-order valence-corrected chi connectivity index (χ4v) is 8.32. The van der Waals surface area contributed by atoms with E-state index in [0.29, 0.717) is 0 Å². The van der Waals surface area contributed by atoms with Crippen LogP contribution >= 0.6 is 11.3 Å². The Bertz CT molecular complexity index is 2480. The minimum Gasteiger partial charge on any atom is -0.354 e. The van der Waals surface area contributed by atoms with Gasteiger partial charge in [0, 0.05) is 42.7 Å². The van der Waals surface area contributed by atoms with Gasteiger partial charge in [0.2, 0.25) is 0 Å². The number of rotatable bonds is 4. The molecule has 7 aromatic rings. The van der Waals surface area contributed by atoms with Crippen molar-refractivity contribution in [2.24, 2.45) is 0 Å². The SMILES string of the molecule is Cc1ccccc1-c1c2nc(c(-c3ccccc3)c3ccc(s3)c(-c3ccccc3)c3nc(c(-c4ccccc4C)c4ccc1[nH]4)C=C3)C=C2. The van der Waals surface area contributed by atoms with Crippen LogP contribution in [0.4, 0.5) is 0 Å². The molecule has 0 atom stereocenters. The highest BCUT2D eigenvalue weighted by Gasteiger charge is 2.19. The van der Waals surface area contributed by atoms with Gasteiger partial charge in [-0.05, 0) is 95.8 Å². The summed E-state index contributed by atoms with van der Waals surface area (Å²) in [6.07, 6.45) is 8.69. The molecule has 0 spiro atoms. The van der Waals surface area contributed by atoms with Crippen molar-refractivity contribution in [1.29, 1.82) is 0 Å². The molecule has 2 aliphatic heterocycles. The number of benzene rings is 4. The predicted octanol–water partition coefficient (Wildman–Crippen LogP) is 12.7. The minimum atomic E-state index is 0.933. The first-order valence-electron chi connectivity index (χ1n) is 16.9. The Morgan fingerprint density at radius 3 is 1.20 bits per heavy atom. The lowest BCUT2D eigenvalue weighted by Gasteiger charge is -2.09. The second-order valence-electron chi connectivity index (χ2n) is 12.7. The van der Waals surface area contributed by atoms with Gasteiger partial charge >= 0.3 is 0 Å². The largest absolute Gasteiger partial charge is 0.354 e. The van der Waals surface area contributed by atoms with Crippen molar-refractivity contribution in [1.82, 2.24) is 15.0 Å². The molecule has 0 saturated heterocycles. The number of aryl methyl sites for hydroxylation is 2. The maximum absolute atomic E-state index is 5.43. The topological polar surface area (TPSA) is 41.6 Å². The summed E-state index contributed by atoms with van der Waals surface area (Å²) in [6, 6.07) is 47.3. The van der Waals surface area contributed by atoms with E-state index in [2.05, 4.69) is 177 Å². The van der Waals surface area contributed by atoms with E-state index in [0.717, 1.165) is 87.7 Å². The summed E-state index contributed by atoms with van der Waals surface area (Å²) in [7, 11) is 0. The van der Waals surface area contributed by atoms with Crippen LogP contribution in [0, 0.1) is 13.8 Å². The molecule has 0 fully saturated rings. The van der Waals surface area contributed by atoms with Crippen LogP contribution in [0.15, 0.2) is 133 Å². The van der Waals surface area contributed by atoms with Gasteiger partial charge in [0.15, 0.2) is 0 Å². The van der Waals surface area contributed by atoms with E-state index in [1.165, 1.54) is 11.1 Å². The third kappa shape index (κ3) is 5.22. The standard InChI is InChI=1S/C46H33N3S/c1-29-13-9-11-19-33(29)45-37-23-21-35(47-37)43(31-15-5-3-6-16-31)41-27-28-42(50-41)44(32-17-7-4-8-18-32)36-22-24-38(48-36)46(40-26-25-39(45)49-40)34-20-12-10-14-30(34)2/h3-28,49H,1-2H3. The van der Waals surface area contributed by atoms with Gasteiger partial charge in [-0.2, -0.15) is 0 Å². The maximum atomic E-state index is 5.43. The highest BCUT2D eigenvalue weighted by molar-refractivity contribution is 7.24. The van der Waals surface area contributed by atoms with Crippen LogP contribution in [0.2, 0.25) is 0 Å². The van der Waals surface area contributed by atoms with Gasteiger partial charge in [0.1, 0.15) is 0 Å². The molecule has 4 aromatic carbocycles. The Morgan fingerprint density at radius 2 is 0.780 bits per heavy atom. The second kappa shape index (κ2) is 12.4. The fourth-order valence-electron chi connectivity index (χ4n) is 7.17. The molecule has 2 aliphatic rings. The van der Waals surface area contributed by atoms with E-state index in [1.54, 1.807) is 11.3 Å². The number of aromatic nitrogens is 3. The van der Waals surface area contributed by atoms with Crippen LogP contribution in [-0.4, -0.2) is 15.0 Å². The van der Waals surface area contributed by atoms with E-state index in [4.69, 9.17) is 9.97 Å². The Labute approximate surface area is 295 Å². The number of aromatic amines is 1. The summed E-state index contributed by atoms with van der Waals surface area (Å²) >= 11 is 1.79. The van der Waals surface area contributed by atoms with Crippen molar-refractivity contribution < 1.29 is 0 Å². The Kier molecular flexibility index (Phi) is 7.45. The summed E-state index contributed by atoms with van der Waals surface area (Å²) in [5.74, 6) is 0. The highest BCUT2D eigenvalue weighted by Crippen LogP contribution is 2.41. The molecular formula is C46H33N3S. The monoisotopic (exact) mass is 659 g/mol. The normalized spacial score (nSPS) is 12.0. The van der Waals surface area contributed by atoms with Crippen LogP contribution in [0.1, 0.15) is 33.9 Å². The van der Waals surface area contributed by atoms with Crippen LogP contribution < -0.4 is 0 Å². The molecule has 4 heteroatoms. The number of H-pyrrole nitrogens is 1. The second-order valence-corrected chi connectivity index (χ2v) is 13.8. The lowest BCUT2D eigenvalue weighted by Crippen LogP contribution is -1.90. The quantitative estimate of drug-likeness (QED) is 0.204. The molecule has 0 unspecified atom stereocenters. The average Bonchev–Trinajstić information content (AvgIpc) is 3.98. The lowest BCUT2D eigenvalue weighted by atomic mass is 9.99. The van der Waals surface area contributed by atoms with E-state index < -0.39 is 0 Å². The zero-order chi connectivity index (χ0) is 33.6. The van der Waals surface area contributed by atoms with Gasteiger partial charge in [-0.1, -0.05) is 109 Å². The number of hydrogen-bond donors (Lipinski definition) is 1. The third-order valence-corrected chi connectivity index (χ3v) is 10.7. The predicted molar refractivity (Wildman–Crippen MR) is 214 cm³/mol. The number of hydrogen-bond acceptors (Lipinski definition) is 3. The minimum absolute atomic E-state index is 0.933. The molecule has 9 rings (SSSR count). The number of nitrogens with one attached hydrogen (secondary N) is 1. The van der Waals surface area contributed by atoms with Gasteiger partial charge < -0.3 is 4.98 Å². The lowest BCUT2D eigenvalue weighted by molar-refractivity contribution is 1.31. The molecule has 1 N–H and O–H groups in total. The van der Waals surface area contributed by atoms with E-state index in [-0.39, 0.29) is 0 Å². The molecule has 238 valence electrons. The number of thiophene rings is 1. The van der Waals surface area contributed by atoms with Crippen molar-refractivity contribution in [2.75, 3.05) is 0 Å². The van der Waals surface area contributed by atoms with Crippen LogP contribution in [0.3, 0.4) is 0 Å². The Morgan fingerprint density at radius 1 is 0.400 bits per heavy atom. The van der Waals surface area contributed by atoms with Gasteiger partial charge in [-0.3, -0.25) is 0 Å². The van der Waals surface area contributed by atoms with Crippen molar-refractivity contribution in [3.63, 3.8) is 0 Å². The Balaban J connectivity index is 1.50. The summed E-state index contributed by atoms with van der Waals surface area (Å²) in [4.78, 5) is 14.7. The van der Waals surface area contributed by atoms with Crippen LogP contribution in [-0.2, 0) is 0 Å². The van der Waals surface area contributed by atoms with Gasteiger partial charge in [0.25, 0.3) is 0 Å². The molecule has 0 saturated carbocycles. The fraction of sp³-hybridized carbons (Fsp3) is 0.0435. The number of fused-ring (bicyclic) bond motifs is 8. The smallest absolute Gasteiger partial charge is 0.0737 e. The van der Waals surface area contributed by atoms with E-state index in [1.807, 2.05) is 0 Å². The molecule has 50 heavy (non-hydrogen) atoms. The average molecular weight is 660 g/mol. The zero-order valence-corrected chi connectivity index (χ0v) is 28.6.